The van der Waals surface area contributed by atoms with Gasteiger partial charge in [-0.25, -0.2) is 4.98 Å². The summed E-state index contributed by atoms with van der Waals surface area (Å²) in [5.41, 5.74) is 2.68. The zero-order valence-electron chi connectivity index (χ0n) is 14.5. The third kappa shape index (κ3) is 3.90. The molecule has 1 amide bonds. The van der Waals surface area contributed by atoms with Gasteiger partial charge >= 0.3 is 11.9 Å². The van der Waals surface area contributed by atoms with Gasteiger partial charge in [0.25, 0.3) is 0 Å². The minimum atomic E-state index is -5.20. The lowest BCUT2D eigenvalue weighted by molar-refractivity contribution is -0.577. The number of nitrogens with zero attached hydrogens (tertiary/aromatic N) is 4. The van der Waals surface area contributed by atoms with Crippen molar-refractivity contribution in [1.29, 1.82) is 0 Å². The third-order valence-electron chi connectivity index (χ3n) is 4.18. The predicted molar refractivity (Wildman–Crippen MR) is 91.1 cm³/mol. The van der Waals surface area contributed by atoms with Crippen molar-refractivity contribution < 1.29 is 27.6 Å². The second kappa shape index (κ2) is 7.30. The number of amides is 1. The van der Waals surface area contributed by atoms with Gasteiger partial charge in [-0.2, -0.15) is 0 Å². The molecule has 0 radical (unpaired) electrons. The van der Waals surface area contributed by atoms with Crippen LogP contribution in [0.3, 0.4) is 0 Å². The molecule has 12 heteroatoms. The maximum atomic E-state index is 12.9. The van der Waals surface area contributed by atoms with Gasteiger partial charge in [0.15, 0.2) is 5.76 Å². The number of ether oxygens (including phenoxy) is 1. The van der Waals surface area contributed by atoms with Crippen LogP contribution in [0.4, 0.5) is 13.2 Å². The fourth-order valence-electron chi connectivity index (χ4n) is 2.82. The molecule has 1 unspecified atom stereocenters. The van der Waals surface area contributed by atoms with Crippen LogP contribution in [0.25, 0.3) is 11.3 Å². The second-order valence-electron chi connectivity index (χ2n) is 5.96. The lowest BCUT2D eigenvalue weighted by Gasteiger charge is -2.29. The molecule has 9 nitrogen and oxygen atoms in total. The summed E-state index contributed by atoms with van der Waals surface area (Å²) in [5, 5.41) is 12.0. The molecule has 1 aliphatic carbocycles. The van der Waals surface area contributed by atoms with Crippen LogP contribution < -0.4 is 5.73 Å². The number of nitro groups is 1. The van der Waals surface area contributed by atoms with E-state index in [1.165, 1.54) is 12.4 Å². The van der Waals surface area contributed by atoms with Crippen molar-refractivity contribution in [2.75, 3.05) is 0 Å². The molecule has 1 aliphatic rings. The standard InChI is InChI=1S/C17H12F3N5O4/c18-17(19,20)29-14-4-3-10(15(21)26)6-16(14,25(27)28)13-9-23-12(8-24-13)11-2-1-5-22-7-11/h1-5,7-9H,6H2,(H2,21,26). The summed E-state index contributed by atoms with van der Waals surface area (Å²) in [6.07, 6.45) is 0.775. The van der Waals surface area contributed by atoms with Gasteiger partial charge in [-0.15, -0.1) is 13.2 Å². The summed E-state index contributed by atoms with van der Waals surface area (Å²) in [4.78, 5) is 34.4. The third-order valence-corrected chi connectivity index (χ3v) is 4.18. The Hall–Kier alpha value is -3.83. The van der Waals surface area contributed by atoms with Crippen LogP contribution in [0.15, 0.2) is 60.4 Å². The number of pyridine rings is 1. The topological polar surface area (TPSA) is 134 Å². The number of carbonyl (C=O) groups excluding carboxylic acids is 1. The van der Waals surface area contributed by atoms with Gasteiger partial charge in [0.05, 0.1) is 24.5 Å². The van der Waals surface area contributed by atoms with Crippen molar-refractivity contribution in [3.63, 3.8) is 0 Å². The summed E-state index contributed by atoms with van der Waals surface area (Å²) in [6.45, 7) is 0. The Kier molecular flexibility index (Phi) is 5.01. The number of allylic oxidation sites excluding steroid dienone is 2. The van der Waals surface area contributed by atoms with Crippen molar-refractivity contribution in [2.24, 2.45) is 5.73 Å². The minimum Gasteiger partial charge on any atom is -0.402 e. The van der Waals surface area contributed by atoms with Crippen molar-refractivity contribution in [1.82, 2.24) is 15.0 Å². The van der Waals surface area contributed by atoms with Crippen LogP contribution in [-0.2, 0) is 15.1 Å². The van der Waals surface area contributed by atoms with Crippen LogP contribution >= 0.6 is 0 Å². The van der Waals surface area contributed by atoms with Crippen LogP contribution in [0.2, 0.25) is 0 Å². The maximum absolute atomic E-state index is 12.9. The smallest absolute Gasteiger partial charge is 0.402 e. The molecule has 3 rings (SSSR count). The number of nitrogens with two attached hydrogens (primary N) is 1. The Morgan fingerprint density at radius 2 is 2.00 bits per heavy atom. The first-order chi connectivity index (χ1) is 13.6. The van der Waals surface area contributed by atoms with E-state index in [1.807, 2.05) is 0 Å². The summed E-state index contributed by atoms with van der Waals surface area (Å²) < 4.78 is 42.5. The molecule has 2 heterocycles. The van der Waals surface area contributed by atoms with E-state index in [0.29, 0.717) is 17.3 Å². The molecule has 29 heavy (non-hydrogen) atoms. The molecular formula is C17H12F3N5O4. The van der Waals surface area contributed by atoms with Crippen molar-refractivity contribution in [3.05, 3.63) is 76.2 Å². The van der Waals surface area contributed by atoms with Gasteiger partial charge in [-0.05, 0) is 24.3 Å². The van der Waals surface area contributed by atoms with E-state index in [9.17, 15) is 28.1 Å². The fraction of sp³-hybridized carbons (Fsp3) is 0.176. The molecule has 0 spiro atoms. The summed E-state index contributed by atoms with van der Waals surface area (Å²) >= 11 is 0. The van der Waals surface area contributed by atoms with Gasteiger partial charge in [0.1, 0.15) is 5.69 Å². The quantitative estimate of drug-likeness (QED) is 0.593. The number of hydrogen-bond acceptors (Lipinski definition) is 7. The Morgan fingerprint density at radius 1 is 1.24 bits per heavy atom. The van der Waals surface area contributed by atoms with Gasteiger partial charge in [0.2, 0.25) is 5.91 Å². The van der Waals surface area contributed by atoms with Gasteiger partial charge in [0, 0.05) is 28.5 Å². The molecule has 1 atom stereocenters. The lowest BCUT2D eigenvalue weighted by atomic mass is 9.82. The molecule has 0 aromatic carbocycles. The Morgan fingerprint density at radius 3 is 2.52 bits per heavy atom. The Balaban J connectivity index is 2.12. The normalized spacial score (nSPS) is 19.1. The molecular weight excluding hydrogens is 395 g/mol. The molecule has 2 aromatic rings. The van der Waals surface area contributed by atoms with Gasteiger partial charge in [-0.1, -0.05) is 0 Å². The van der Waals surface area contributed by atoms with E-state index in [2.05, 4.69) is 19.7 Å². The lowest BCUT2D eigenvalue weighted by Crippen LogP contribution is -2.43. The molecule has 2 N–H and O–H groups in total. The number of rotatable bonds is 5. The minimum absolute atomic E-state index is 0.255. The predicted octanol–water partition coefficient (Wildman–Crippen LogP) is 2.25. The summed E-state index contributed by atoms with van der Waals surface area (Å²) in [7, 11) is 0. The zero-order chi connectivity index (χ0) is 21.2. The van der Waals surface area contributed by atoms with Crippen LogP contribution in [0.5, 0.6) is 0 Å². The van der Waals surface area contributed by atoms with Crippen molar-refractivity contribution >= 4 is 5.91 Å². The first-order valence-corrected chi connectivity index (χ1v) is 7.98. The van der Waals surface area contributed by atoms with E-state index in [0.717, 1.165) is 18.5 Å². The van der Waals surface area contributed by atoms with Gasteiger partial charge < -0.3 is 10.5 Å². The van der Waals surface area contributed by atoms with E-state index < -0.39 is 40.6 Å². The van der Waals surface area contributed by atoms with Crippen molar-refractivity contribution in [2.45, 2.75) is 18.3 Å². The van der Waals surface area contributed by atoms with Crippen LogP contribution in [-0.4, -0.2) is 32.1 Å². The van der Waals surface area contributed by atoms with E-state index in [4.69, 9.17) is 5.73 Å². The largest absolute Gasteiger partial charge is 0.573 e. The van der Waals surface area contributed by atoms with Crippen LogP contribution in [0.1, 0.15) is 12.1 Å². The highest BCUT2D eigenvalue weighted by molar-refractivity contribution is 5.92. The van der Waals surface area contributed by atoms with E-state index >= 15 is 0 Å². The number of aromatic nitrogens is 3. The molecule has 150 valence electrons. The SMILES string of the molecule is NC(=O)C1=CC=C(OC(F)(F)F)C(c2cnc(-c3cccnc3)cn2)([N+](=O)[O-])C1. The number of primary amides is 1. The summed E-state index contributed by atoms with van der Waals surface area (Å²) in [5.74, 6) is -2.07. The molecule has 0 bridgehead atoms. The highest BCUT2D eigenvalue weighted by atomic mass is 19.4. The Bertz CT molecular complexity index is 1010. The summed E-state index contributed by atoms with van der Waals surface area (Å²) in [6, 6.07) is 3.29. The molecule has 0 saturated carbocycles. The number of carbonyl (C=O) groups is 1. The first kappa shape index (κ1) is 19.9. The molecule has 2 aromatic heterocycles. The number of hydrogen-bond donors (Lipinski definition) is 1. The second-order valence-corrected chi connectivity index (χ2v) is 5.96. The average molecular weight is 407 g/mol. The number of halogens is 3. The number of alkyl halides is 3. The fourth-order valence-corrected chi connectivity index (χ4v) is 2.82. The maximum Gasteiger partial charge on any atom is 0.573 e. The molecule has 0 saturated heterocycles. The molecule has 0 aliphatic heterocycles. The molecule has 0 fully saturated rings. The van der Waals surface area contributed by atoms with Gasteiger partial charge in [-0.3, -0.25) is 24.9 Å². The highest BCUT2D eigenvalue weighted by Crippen LogP contribution is 2.43. The first-order valence-electron chi connectivity index (χ1n) is 7.98. The zero-order valence-corrected chi connectivity index (χ0v) is 14.5. The average Bonchev–Trinajstić information content (AvgIpc) is 2.67. The van der Waals surface area contributed by atoms with E-state index in [-0.39, 0.29) is 5.57 Å². The monoisotopic (exact) mass is 407 g/mol. The Labute approximate surface area is 160 Å². The van der Waals surface area contributed by atoms with E-state index in [1.54, 1.807) is 12.1 Å². The van der Waals surface area contributed by atoms with Crippen LogP contribution in [0, 0.1) is 10.1 Å². The highest BCUT2D eigenvalue weighted by Gasteiger charge is 2.57. The van der Waals surface area contributed by atoms with Crippen molar-refractivity contribution in [3.8, 4) is 11.3 Å².